The van der Waals surface area contributed by atoms with E-state index in [1.54, 1.807) is 11.8 Å². The number of halogens is 1. The highest BCUT2D eigenvalue weighted by Crippen LogP contribution is 2.21. The van der Waals surface area contributed by atoms with Crippen LogP contribution in [0.5, 0.6) is 0 Å². The molecule has 0 aliphatic heterocycles. The monoisotopic (exact) mass is 306 g/mol. The number of aryl methyl sites for hydroxylation is 1. The molecule has 2 aromatic rings. The maximum absolute atomic E-state index is 6.17. The van der Waals surface area contributed by atoms with E-state index in [1.165, 1.54) is 10.5 Å². The first-order valence-corrected chi connectivity index (χ1v) is 8.11. The molecule has 1 aromatic heterocycles. The quantitative estimate of drug-likeness (QED) is 0.821. The van der Waals surface area contributed by atoms with Crippen molar-refractivity contribution in [1.29, 1.82) is 0 Å². The highest BCUT2D eigenvalue weighted by molar-refractivity contribution is 7.99. The van der Waals surface area contributed by atoms with Crippen molar-refractivity contribution >= 4 is 23.4 Å². The van der Waals surface area contributed by atoms with Gasteiger partial charge >= 0.3 is 0 Å². The van der Waals surface area contributed by atoms with Gasteiger partial charge in [-0.1, -0.05) is 24.6 Å². The van der Waals surface area contributed by atoms with Crippen LogP contribution in [0.1, 0.15) is 18.2 Å². The molecule has 20 heavy (non-hydrogen) atoms. The number of nitrogens with zero attached hydrogens (tertiary/aromatic N) is 1. The molecular weight excluding hydrogens is 288 g/mol. The van der Waals surface area contributed by atoms with Crippen LogP contribution in [0.25, 0.3) is 0 Å². The Hall–Kier alpha value is -1.03. The van der Waals surface area contributed by atoms with Gasteiger partial charge in [-0.25, -0.2) is 0 Å². The molecule has 106 valence electrons. The third-order valence-corrected chi connectivity index (χ3v) is 4.50. The predicted molar refractivity (Wildman–Crippen MR) is 87.5 cm³/mol. The fourth-order valence-corrected chi connectivity index (χ4v) is 2.83. The predicted octanol–water partition coefficient (Wildman–Crippen LogP) is 3.96. The van der Waals surface area contributed by atoms with E-state index in [2.05, 4.69) is 24.0 Å². The Morgan fingerprint density at radius 3 is 2.55 bits per heavy atom. The van der Waals surface area contributed by atoms with Crippen molar-refractivity contribution in [1.82, 2.24) is 4.98 Å². The van der Waals surface area contributed by atoms with E-state index in [4.69, 9.17) is 17.3 Å². The van der Waals surface area contributed by atoms with Crippen LogP contribution in [-0.2, 0) is 12.8 Å². The molecule has 2 rings (SSSR count). The maximum atomic E-state index is 6.17. The normalized spacial score (nSPS) is 12.3. The second kappa shape index (κ2) is 7.67. The van der Waals surface area contributed by atoms with Gasteiger partial charge in [-0.3, -0.25) is 4.98 Å². The number of thioether (sulfide) groups is 1. The van der Waals surface area contributed by atoms with Gasteiger partial charge in [0.2, 0.25) is 0 Å². The molecule has 4 heteroatoms. The summed E-state index contributed by atoms with van der Waals surface area (Å²) < 4.78 is 0. The molecule has 0 spiro atoms. The maximum Gasteiger partial charge on any atom is 0.0419 e. The van der Waals surface area contributed by atoms with Crippen molar-refractivity contribution in [3.63, 3.8) is 0 Å². The van der Waals surface area contributed by atoms with Gasteiger partial charge in [-0.15, -0.1) is 11.8 Å². The minimum Gasteiger partial charge on any atom is -0.327 e. The van der Waals surface area contributed by atoms with E-state index in [1.807, 2.05) is 30.5 Å². The first-order chi connectivity index (χ1) is 9.67. The first kappa shape index (κ1) is 15.4. The summed E-state index contributed by atoms with van der Waals surface area (Å²) >= 11 is 7.62. The summed E-state index contributed by atoms with van der Waals surface area (Å²) in [5.74, 6) is 0.874. The van der Waals surface area contributed by atoms with Crippen LogP contribution in [0.2, 0.25) is 5.02 Å². The summed E-state index contributed by atoms with van der Waals surface area (Å²) in [5.41, 5.74) is 8.49. The third-order valence-electron chi connectivity index (χ3n) is 3.04. The standard InChI is InChI=1S/C16H19ClN2S/c1-2-12-3-6-15(19-10-12)9-14(18)11-20-16-7-4-13(17)5-8-16/h3-8,10,14H,2,9,11,18H2,1H3. The fourth-order valence-electron chi connectivity index (χ4n) is 1.85. The molecule has 1 heterocycles. The fraction of sp³-hybridized carbons (Fsp3) is 0.312. The number of pyridine rings is 1. The van der Waals surface area contributed by atoms with Gasteiger partial charge in [0.15, 0.2) is 0 Å². The van der Waals surface area contributed by atoms with Gasteiger partial charge in [0.25, 0.3) is 0 Å². The lowest BCUT2D eigenvalue weighted by Gasteiger charge is -2.11. The van der Waals surface area contributed by atoms with Crippen molar-refractivity contribution in [2.75, 3.05) is 5.75 Å². The molecule has 0 fully saturated rings. The molecule has 0 aliphatic rings. The minimum atomic E-state index is 0.107. The zero-order valence-corrected chi connectivity index (χ0v) is 13.1. The van der Waals surface area contributed by atoms with Gasteiger partial charge in [0, 0.05) is 40.0 Å². The zero-order chi connectivity index (χ0) is 14.4. The van der Waals surface area contributed by atoms with Crippen LogP contribution in [0, 0.1) is 0 Å². The summed E-state index contributed by atoms with van der Waals surface area (Å²) in [4.78, 5) is 5.64. The molecule has 0 aliphatic carbocycles. The zero-order valence-electron chi connectivity index (χ0n) is 11.6. The Bertz CT molecular complexity index is 525. The largest absolute Gasteiger partial charge is 0.327 e. The molecular formula is C16H19ClN2S. The van der Waals surface area contributed by atoms with Gasteiger partial charge in [-0.05, 0) is 42.3 Å². The molecule has 1 unspecified atom stereocenters. The number of hydrogen-bond donors (Lipinski definition) is 1. The van der Waals surface area contributed by atoms with Gasteiger partial charge < -0.3 is 5.73 Å². The van der Waals surface area contributed by atoms with Crippen molar-refractivity contribution in [3.05, 3.63) is 58.9 Å². The van der Waals surface area contributed by atoms with Gasteiger partial charge in [0.05, 0.1) is 0 Å². The van der Waals surface area contributed by atoms with E-state index in [9.17, 15) is 0 Å². The Balaban J connectivity index is 1.82. The Morgan fingerprint density at radius 1 is 1.20 bits per heavy atom. The highest BCUT2D eigenvalue weighted by atomic mass is 35.5. The number of rotatable bonds is 6. The Kier molecular flexibility index (Phi) is 5.89. The summed E-state index contributed by atoms with van der Waals surface area (Å²) in [7, 11) is 0. The number of benzene rings is 1. The SMILES string of the molecule is CCc1ccc(CC(N)CSc2ccc(Cl)cc2)nc1. The lowest BCUT2D eigenvalue weighted by atomic mass is 10.1. The minimum absolute atomic E-state index is 0.107. The molecule has 1 aromatic carbocycles. The van der Waals surface area contributed by atoms with Crippen LogP contribution in [0.3, 0.4) is 0 Å². The van der Waals surface area contributed by atoms with Crippen LogP contribution in [0.15, 0.2) is 47.5 Å². The summed E-state index contributed by atoms with van der Waals surface area (Å²) in [6.45, 7) is 2.13. The topological polar surface area (TPSA) is 38.9 Å². The molecule has 0 bridgehead atoms. The summed E-state index contributed by atoms with van der Waals surface area (Å²) in [6.07, 6.45) is 3.77. The van der Waals surface area contributed by atoms with Crippen LogP contribution < -0.4 is 5.73 Å². The van der Waals surface area contributed by atoms with E-state index >= 15 is 0 Å². The van der Waals surface area contributed by atoms with E-state index in [-0.39, 0.29) is 6.04 Å². The van der Waals surface area contributed by atoms with E-state index < -0.39 is 0 Å². The van der Waals surface area contributed by atoms with E-state index in [0.29, 0.717) is 0 Å². The van der Waals surface area contributed by atoms with Crippen LogP contribution in [-0.4, -0.2) is 16.8 Å². The molecule has 0 saturated heterocycles. The van der Waals surface area contributed by atoms with E-state index in [0.717, 1.165) is 29.3 Å². The number of nitrogens with two attached hydrogens (primary N) is 1. The highest BCUT2D eigenvalue weighted by Gasteiger charge is 2.06. The van der Waals surface area contributed by atoms with Crippen molar-refractivity contribution in [2.45, 2.75) is 30.7 Å². The second-order valence-corrected chi connectivity index (χ2v) is 6.27. The third kappa shape index (κ3) is 4.82. The van der Waals surface area contributed by atoms with Gasteiger partial charge in [0.1, 0.15) is 0 Å². The van der Waals surface area contributed by atoms with Crippen LogP contribution in [0.4, 0.5) is 0 Å². The van der Waals surface area contributed by atoms with Crippen molar-refractivity contribution in [2.24, 2.45) is 5.73 Å². The van der Waals surface area contributed by atoms with Gasteiger partial charge in [-0.2, -0.15) is 0 Å². The summed E-state index contributed by atoms with van der Waals surface area (Å²) in [5, 5.41) is 0.763. The first-order valence-electron chi connectivity index (χ1n) is 6.75. The Labute approximate surface area is 129 Å². The lowest BCUT2D eigenvalue weighted by molar-refractivity contribution is 0.731. The van der Waals surface area contributed by atoms with Crippen molar-refractivity contribution in [3.8, 4) is 0 Å². The second-order valence-electron chi connectivity index (χ2n) is 4.74. The molecule has 0 radical (unpaired) electrons. The van der Waals surface area contributed by atoms with Crippen LogP contribution >= 0.6 is 23.4 Å². The lowest BCUT2D eigenvalue weighted by Crippen LogP contribution is -2.26. The molecule has 1 atom stereocenters. The molecule has 0 amide bonds. The molecule has 0 saturated carbocycles. The number of hydrogen-bond acceptors (Lipinski definition) is 3. The molecule has 2 nitrogen and oxygen atoms in total. The smallest absolute Gasteiger partial charge is 0.0419 e. The number of aromatic nitrogens is 1. The van der Waals surface area contributed by atoms with Crippen molar-refractivity contribution < 1.29 is 0 Å². The average Bonchev–Trinajstić information content (AvgIpc) is 2.47. The Morgan fingerprint density at radius 2 is 1.95 bits per heavy atom. The summed E-state index contributed by atoms with van der Waals surface area (Å²) in [6, 6.07) is 12.2. The molecule has 2 N–H and O–H groups in total. The average molecular weight is 307 g/mol.